The summed E-state index contributed by atoms with van der Waals surface area (Å²) in [5.41, 5.74) is 0.925. The Morgan fingerprint density at radius 2 is 1.97 bits per heavy atom. The number of amides is 3. The second kappa shape index (κ2) is 9.05. The van der Waals surface area contributed by atoms with Crippen LogP contribution >= 0.6 is 11.8 Å². The molecule has 2 aliphatic rings. The largest absolute Gasteiger partial charge is 0.343 e. The summed E-state index contributed by atoms with van der Waals surface area (Å²) < 4.78 is 28.1. The van der Waals surface area contributed by atoms with Crippen molar-refractivity contribution in [2.45, 2.75) is 30.6 Å². The number of halogens is 2. The number of thioether (sulfide) groups is 1. The Kier molecular flexibility index (Phi) is 6.22. The van der Waals surface area contributed by atoms with E-state index in [1.807, 2.05) is 0 Å². The van der Waals surface area contributed by atoms with Crippen LogP contribution in [0.4, 0.5) is 20.2 Å². The maximum Gasteiger partial charge on any atom is 0.247 e. The van der Waals surface area contributed by atoms with E-state index in [2.05, 4.69) is 10.6 Å². The van der Waals surface area contributed by atoms with Crippen LogP contribution in [0.2, 0.25) is 0 Å². The van der Waals surface area contributed by atoms with Crippen molar-refractivity contribution in [3.63, 3.8) is 0 Å². The van der Waals surface area contributed by atoms with Crippen molar-refractivity contribution in [1.82, 2.24) is 5.32 Å². The van der Waals surface area contributed by atoms with E-state index in [0.717, 1.165) is 0 Å². The molecule has 2 N–H and O–H groups in total. The molecule has 2 saturated heterocycles. The predicted octanol–water partition coefficient (Wildman–Crippen LogP) is 2.87. The van der Waals surface area contributed by atoms with Crippen LogP contribution in [0.3, 0.4) is 0 Å². The fourth-order valence-electron chi connectivity index (χ4n) is 3.68. The summed E-state index contributed by atoms with van der Waals surface area (Å²) in [6.45, 7) is 0.436. The van der Waals surface area contributed by atoms with Crippen LogP contribution in [-0.2, 0) is 20.8 Å². The van der Waals surface area contributed by atoms with E-state index in [1.165, 1.54) is 40.9 Å². The van der Waals surface area contributed by atoms with E-state index in [1.54, 1.807) is 18.2 Å². The van der Waals surface area contributed by atoms with Crippen LogP contribution in [0.15, 0.2) is 42.5 Å². The lowest BCUT2D eigenvalue weighted by molar-refractivity contribution is -0.126. The number of carbonyl (C=O) groups excluding carboxylic acids is 3. The van der Waals surface area contributed by atoms with Crippen molar-refractivity contribution in [2.24, 2.45) is 0 Å². The highest BCUT2D eigenvalue weighted by Gasteiger charge is 2.33. The average Bonchev–Trinajstić information content (AvgIpc) is 3.18. The number of carbonyl (C=O) groups is 3. The zero-order chi connectivity index (χ0) is 22.0. The van der Waals surface area contributed by atoms with E-state index in [0.29, 0.717) is 36.4 Å². The summed E-state index contributed by atoms with van der Waals surface area (Å²) in [6, 6.07) is 9.57. The highest BCUT2D eigenvalue weighted by atomic mass is 32.2. The zero-order valence-electron chi connectivity index (χ0n) is 16.6. The van der Waals surface area contributed by atoms with E-state index < -0.39 is 23.0 Å². The number of rotatable bonds is 5. The summed E-state index contributed by atoms with van der Waals surface area (Å²) in [5, 5.41) is 4.88. The third-order valence-electron chi connectivity index (χ3n) is 5.33. The van der Waals surface area contributed by atoms with E-state index in [4.69, 9.17) is 0 Å². The Bertz CT molecular complexity index is 1030. The molecule has 0 spiro atoms. The number of hydrogen-bond acceptors (Lipinski definition) is 4. The minimum Gasteiger partial charge on any atom is -0.343 e. The van der Waals surface area contributed by atoms with Gasteiger partial charge < -0.3 is 15.5 Å². The summed E-state index contributed by atoms with van der Waals surface area (Å²) in [6.07, 6.45) is 1.27. The number of nitrogens with zero attached hydrogens (tertiary/aromatic N) is 1. The summed E-state index contributed by atoms with van der Waals surface area (Å²) in [5.74, 6) is -1.49. The van der Waals surface area contributed by atoms with Crippen LogP contribution in [0.1, 0.15) is 18.4 Å². The van der Waals surface area contributed by atoms with Crippen LogP contribution in [0, 0.1) is 11.6 Å². The van der Waals surface area contributed by atoms with Crippen molar-refractivity contribution >= 4 is 40.9 Å². The van der Waals surface area contributed by atoms with Crippen molar-refractivity contribution in [3.8, 4) is 0 Å². The van der Waals surface area contributed by atoms with Gasteiger partial charge in [-0.1, -0.05) is 18.2 Å². The molecular formula is C22H21F2N3O3S. The minimum atomic E-state index is -0.767. The average molecular weight is 445 g/mol. The first-order valence-electron chi connectivity index (χ1n) is 9.98. The molecule has 0 aliphatic carbocycles. The molecule has 3 amide bonds. The first kappa shape index (κ1) is 21.3. The summed E-state index contributed by atoms with van der Waals surface area (Å²) >= 11 is 1.30. The zero-order valence-corrected chi connectivity index (χ0v) is 17.4. The highest BCUT2D eigenvalue weighted by molar-refractivity contribution is 8.00. The molecule has 2 atom stereocenters. The molecule has 2 fully saturated rings. The predicted molar refractivity (Wildman–Crippen MR) is 115 cm³/mol. The molecule has 0 bridgehead atoms. The molecule has 0 aromatic heterocycles. The second-order valence-electron chi connectivity index (χ2n) is 7.48. The third-order valence-corrected chi connectivity index (χ3v) is 6.64. The minimum absolute atomic E-state index is 0.132. The van der Waals surface area contributed by atoms with Gasteiger partial charge >= 0.3 is 0 Å². The fraction of sp³-hybridized carbons (Fsp3) is 0.318. The molecule has 31 heavy (non-hydrogen) atoms. The molecule has 6 nitrogen and oxygen atoms in total. The fourth-order valence-corrected chi connectivity index (χ4v) is 4.86. The van der Waals surface area contributed by atoms with Gasteiger partial charge in [-0.3, -0.25) is 14.4 Å². The molecule has 2 aromatic carbocycles. The maximum atomic E-state index is 14.2. The summed E-state index contributed by atoms with van der Waals surface area (Å²) in [7, 11) is 0. The van der Waals surface area contributed by atoms with Gasteiger partial charge in [-0.15, -0.1) is 11.8 Å². The molecule has 162 valence electrons. The topological polar surface area (TPSA) is 78.5 Å². The van der Waals surface area contributed by atoms with Gasteiger partial charge in [0.25, 0.3) is 0 Å². The van der Waals surface area contributed by atoms with Crippen LogP contribution in [0.5, 0.6) is 0 Å². The summed E-state index contributed by atoms with van der Waals surface area (Å²) in [4.78, 5) is 38.4. The molecule has 0 radical (unpaired) electrons. The Morgan fingerprint density at radius 3 is 2.68 bits per heavy atom. The SMILES string of the molecule is O=C(Nc1ccc(F)c(N2CCCC2=O)c1)[C@@H]1CS[C@H](Cc2ccccc2F)C(=O)N1. The molecule has 2 heterocycles. The first-order chi connectivity index (χ1) is 14.9. The first-order valence-corrected chi connectivity index (χ1v) is 11.0. The molecule has 9 heteroatoms. The Labute approximate surface area is 182 Å². The van der Waals surface area contributed by atoms with Crippen molar-refractivity contribution < 1.29 is 23.2 Å². The van der Waals surface area contributed by atoms with Gasteiger partial charge in [0, 0.05) is 24.4 Å². The van der Waals surface area contributed by atoms with Crippen molar-refractivity contribution in [3.05, 3.63) is 59.7 Å². The number of benzene rings is 2. The van der Waals surface area contributed by atoms with Gasteiger partial charge in [-0.25, -0.2) is 8.78 Å². The van der Waals surface area contributed by atoms with Gasteiger partial charge in [0.15, 0.2) is 0 Å². The number of anilines is 2. The van der Waals surface area contributed by atoms with Gasteiger partial charge in [0.05, 0.1) is 10.9 Å². The van der Waals surface area contributed by atoms with Gasteiger partial charge in [-0.05, 0) is 42.7 Å². The van der Waals surface area contributed by atoms with Crippen LogP contribution in [0.25, 0.3) is 0 Å². The lowest BCUT2D eigenvalue weighted by atomic mass is 10.1. The smallest absolute Gasteiger partial charge is 0.247 e. The van der Waals surface area contributed by atoms with E-state index in [-0.39, 0.29) is 29.7 Å². The van der Waals surface area contributed by atoms with Gasteiger partial charge in [-0.2, -0.15) is 0 Å². The quantitative estimate of drug-likeness (QED) is 0.742. The number of nitrogens with one attached hydrogen (secondary N) is 2. The van der Waals surface area contributed by atoms with Gasteiger partial charge in [0.2, 0.25) is 17.7 Å². The monoisotopic (exact) mass is 445 g/mol. The van der Waals surface area contributed by atoms with E-state index >= 15 is 0 Å². The van der Waals surface area contributed by atoms with E-state index in [9.17, 15) is 23.2 Å². The molecule has 2 aliphatic heterocycles. The second-order valence-corrected chi connectivity index (χ2v) is 8.72. The lowest BCUT2D eigenvalue weighted by Crippen LogP contribution is -2.52. The van der Waals surface area contributed by atoms with Crippen LogP contribution < -0.4 is 15.5 Å². The molecular weight excluding hydrogens is 424 g/mol. The molecule has 0 unspecified atom stereocenters. The Balaban J connectivity index is 1.38. The Hall–Kier alpha value is -2.94. The van der Waals surface area contributed by atoms with Crippen LogP contribution in [-0.4, -0.2) is 41.3 Å². The standard InChI is InChI=1S/C22H21F2N3O3S/c23-15-5-2-1-4-13(15)10-19-22(30)26-17(12-31-19)21(29)25-14-7-8-16(24)18(11-14)27-9-3-6-20(27)28/h1-2,4-5,7-8,11,17,19H,3,6,9-10,12H2,(H,25,29)(H,26,30)/t17-,19+/m0/s1. The maximum absolute atomic E-state index is 14.2. The molecule has 0 saturated carbocycles. The molecule has 2 aromatic rings. The normalized spacial score (nSPS) is 21.2. The lowest BCUT2D eigenvalue weighted by Gasteiger charge is -2.28. The van der Waals surface area contributed by atoms with Crippen molar-refractivity contribution in [2.75, 3.05) is 22.5 Å². The third kappa shape index (κ3) is 4.71. The van der Waals surface area contributed by atoms with Crippen molar-refractivity contribution in [1.29, 1.82) is 0 Å². The molecule has 4 rings (SSSR count). The number of hydrogen-bond donors (Lipinski definition) is 2. The Morgan fingerprint density at radius 1 is 1.16 bits per heavy atom. The van der Waals surface area contributed by atoms with Gasteiger partial charge in [0.1, 0.15) is 17.7 Å². The highest BCUT2D eigenvalue weighted by Crippen LogP contribution is 2.28.